The smallest absolute Gasteiger partial charge is 0.103 e. The molecule has 16 heavy (non-hydrogen) atoms. The van der Waals surface area contributed by atoms with Crippen molar-refractivity contribution in [1.82, 2.24) is 5.32 Å². The molecule has 0 aliphatic heterocycles. The zero-order chi connectivity index (χ0) is 12.4. The molecule has 0 spiro atoms. The van der Waals surface area contributed by atoms with E-state index in [0.29, 0.717) is 0 Å². The van der Waals surface area contributed by atoms with Crippen LogP contribution in [0.5, 0.6) is 0 Å². The molecule has 0 aromatic heterocycles. The fourth-order valence-electron chi connectivity index (χ4n) is 1.56. The van der Waals surface area contributed by atoms with Gasteiger partial charge in [-0.25, -0.2) is 0 Å². The Labute approximate surface area is 105 Å². The van der Waals surface area contributed by atoms with E-state index in [0.717, 1.165) is 24.6 Å². The second-order valence-electron chi connectivity index (χ2n) is 4.52. The lowest BCUT2D eigenvalue weighted by Gasteiger charge is -2.22. The topological polar surface area (TPSA) is 35.8 Å². The van der Waals surface area contributed by atoms with Crippen molar-refractivity contribution in [3.8, 4) is 6.07 Å². The first-order valence-corrected chi connectivity index (χ1v) is 7.40. The van der Waals surface area contributed by atoms with Crippen LogP contribution in [0, 0.1) is 11.3 Å². The SMILES string of the molecule is CCNC(C)(C#N)CCCCSC(C)CC. The Balaban J connectivity index is 3.61. The van der Waals surface area contributed by atoms with Crippen molar-refractivity contribution in [2.45, 2.75) is 64.2 Å². The highest BCUT2D eigenvalue weighted by Crippen LogP contribution is 2.18. The van der Waals surface area contributed by atoms with E-state index in [4.69, 9.17) is 5.26 Å². The molecule has 2 nitrogen and oxygen atoms in total. The zero-order valence-corrected chi connectivity index (χ0v) is 12.0. The molecule has 0 heterocycles. The Morgan fingerprint density at radius 3 is 2.56 bits per heavy atom. The first-order valence-electron chi connectivity index (χ1n) is 6.35. The number of hydrogen-bond acceptors (Lipinski definition) is 3. The minimum absolute atomic E-state index is 0.324. The summed E-state index contributed by atoms with van der Waals surface area (Å²) in [6.07, 6.45) is 4.56. The Hall–Kier alpha value is -0.200. The molecule has 2 atom stereocenters. The molecule has 2 unspecified atom stereocenters. The Kier molecular flexibility index (Phi) is 8.78. The van der Waals surface area contributed by atoms with Crippen LogP contribution in [0.2, 0.25) is 0 Å². The summed E-state index contributed by atoms with van der Waals surface area (Å²) in [5.74, 6) is 1.22. The number of nitrogens with zero attached hydrogens (tertiary/aromatic N) is 1. The molecule has 0 aromatic rings. The molecule has 0 radical (unpaired) electrons. The van der Waals surface area contributed by atoms with Gasteiger partial charge < -0.3 is 0 Å². The first-order chi connectivity index (χ1) is 7.58. The molecule has 0 bridgehead atoms. The molecule has 0 saturated carbocycles. The van der Waals surface area contributed by atoms with Crippen LogP contribution in [0.15, 0.2) is 0 Å². The summed E-state index contributed by atoms with van der Waals surface area (Å²) in [7, 11) is 0. The van der Waals surface area contributed by atoms with Crippen LogP contribution in [0.3, 0.4) is 0 Å². The van der Waals surface area contributed by atoms with E-state index in [1.54, 1.807) is 0 Å². The Morgan fingerprint density at radius 1 is 1.38 bits per heavy atom. The first kappa shape index (κ1) is 15.8. The van der Waals surface area contributed by atoms with Crippen LogP contribution >= 0.6 is 11.8 Å². The second-order valence-corrected chi connectivity index (χ2v) is 6.07. The van der Waals surface area contributed by atoms with Crippen molar-refractivity contribution in [2.75, 3.05) is 12.3 Å². The van der Waals surface area contributed by atoms with E-state index in [1.807, 2.05) is 25.6 Å². The second kappa shape index (κ2) is 8.90. The van der Waals surface area contributed by atoms with E-state index in [-0.39, 0.29) is 5.54 Å². The maximum atomic E-state index is 9.08. The lowest BCUT2D eigenvalue weighted by atomic mass is 9.97. The van der Waals surface area contributed by atoms with Crippen molar-refractivity contribution in [3.05, 3.63) is 0 Å². The summed E-state index contributed by atoms with van der Waals surface area (Å²) in [6, 6.07) is 2.37. The summed E-state index contributed by atoms with van der Waals surface area (Å²) in [5.41, 5.74) is -0.324. The van der Waals surface area contributed by atoms with Crippen molar-refractivity contribution in [2.24, 2.45) is 0 Å². The highest BCUT2D eigenvalue weighted by atomic mass is 32.2. The average Bonchev–Trinajstić information content (AvgIpc) is 2.28. The van der Waals surface area contributed by atoms with Crippen LogP contribution in [0.25, 0.3) is 0 Å². The van der Waals surface area contributed by atoms with E-state index in [9.17, 15) is 0 Å². The lowest BCUT2D eigenvalue weighted by Crippen LogP contribution is -2.40. The summed E-state index contributed by atoms with van der Waals surface area (Å²) >= 11 is 2.04. The van der Waals surface area contributed by atoms with Gasteiger partial charge in [-0.3, -0.25) is 5.32 Å². The third kappa shape index (κ3) is 7.14. The van der Waals surface area contributed by atoms with Crippen molar-refractivity contribution < 1.29 is 0 Å². The number of thioether (sulfide) groups is 1. The highest BCUT2D eigenvalue weighted by Gasteiger charge is 2.20. The van der Waals surface area contributed by atoms with Gasteiger partial charge in [0.1, 0.15) is 5.54 Å². The van der Waals surface area contributed by atoms with Gasteiger partial charge in [-0.15, -0.1) is 0 Å². The van der Waals surface area contributed by atoms with Crippen LogP contribution in [-0.2, 0) is 0 Å². The molecule has 0 aromatic carbocycles. The number of nitrogens with one attached hydrogen (secondary N) is 1. The largest absolute Gasteiger partial charge is 0.300 e. The van der Waals surface area contributed by atoms with Gasteiger partial charge in [0, 0.05) is 5.25 Å². The Morgan fingerprint density at radius 2 is 2.06 bits per heavy atom. The predicted molar refractivity (Wildman–Crippen MR) is 73.8 cm³/mol. The number of hydrogen-bond donors (Lipinski definition) is 1. The van der Waals surface area contributed by atoms with E-state index in [2.05, 4.69) is 25.2 Å². The van der Waals surface area contributed by atoms with Crippen molar-refractivity contribution >= 4 is 11.8 Å². The van der Waals surface area contributed by atoms with E-state index >= 15 is 0 Å². The van der Waals surface area contributed by atoms with Crippen molar-refractivity contribution in [3.63, 3.8) is 0 Å². The van der Waals surface area contributed by atoms with Crippen LogP contribution < -0.4 is 5.32 Å². The number of nitriles is 1. The molecule has 0 fully saturated rings. The molecule has 0 amide bonds. The normalized spacial score (nSPS) is 16.4. The summed E-state index contributed by atoms with van der Waals surface area (Å²) in [6.45, 7) is 9.43. The van der Waals surface area contributed by atoms with Gasteiger partial charge in [0.15, 0.2) is 0 Å². The third-order valence-corrected chi connectivity index (χ3v) is 4.29. The maximum Gasteiger partial charge on any atom is 0.103 e. The van der Waals surface area contributed by atoms with Crippen molar-refractivity contribution in [1.29, 1.82) is 5.26 Å². The summed E-state index contributed by atoms with van der Waals surface area (Å²) in [4.78, 5) is 0. The molecule has 0 saturated heterocycles. The van der Waals surface area contributed by atoms with E-state index < -0.39 is 0 Å². The molecule has 0 rings (SSSR count). The predicted octanol–water partition coefficient (Wildman–Crippen LogP) is 3.58. The quantitative estimate of drug-likeness (QED) is 0.628. The molecule has 0 aliphatic rings. The molecule has 94 valence electrons. The van der Waals surface area contributed by atoms with Gasteiger partial charge in [0.2, 0.25) is 0 Å². The maximum absolute atomic E-state index is 9.08. The number of unbranched alkanes of at least 4 members (excludes halogenated alkanes) is 1. The summed E-state index contributed by atoms with van der Waals surface area (Å²) < 4.78 is 0. The van der Waals surface area contributed by atoms with Gasteiger partial charge in [-0.2, -0.15) is 17.0 Å². The molecule has 1 N–H and O–H groups in total. The molecule has 0 aliphatic carbocycles. The summed E-state index contributed by atoms with van der Waals surface area (Å²) in [5, 5.41) is 13.1. The van der Waals surface area contributed by atoms with Crippen LogP contribution in [-0.4, -0.2) is 23.1 Å². The fourth-order valence-corrected chi connectivity index (χ4v) is 2.57. The van der Waals surface area contributed by atoms with Gasteiger partial charge in [-0.1, -0.05) is 20.8 Å². The van der Waals surface area contributed by atoms with Gasteiger partial charge in [0.05, 0.1) is 6.07 Å². The molecular weight excluding hydrogens is 216 g/mol. The van der Waals surface area contributed by atoms with E-state index in [1.165, 1.54) is 18.6 Å². The monoisotopic (exact) mass is 242 g/mol. The minimum Gasteiger partial charge on any atom is -0.300 e. The molecular formula is C13H26N2S. The number of rotatable bonds is 9. The van der Waals surface area contributed by atoms with Gasteiger partial charge in [-0.05, 0) is 44.9 Å². The van der Waals surface area contributed by atoms with Gasteiger partial charge >= 0.3 is 0 Å². The minimum atomic E-state index is -0.324. The van der Waals surface area contributed by atoms with Crippen LogP contribution in [0.4, 0.5) is 0 Å². The highest BCUT2D eigenvalue weighted by molar-refractivity contribution is 7.99. The van der Waals surface area contributed by atoms with Gasteiger partial charge in [0.25, 0.3) is 0 Å². The van der Waals surface area contributed by atoms with Crippen LogP contribution in [0.1, 0.15) is 53.4 Å². The third-order valence-electron chi connectivity index (χ3n) is 2.86. The average molecular weight is 242 g/mol. The Bertz CT molecular complexity index is 212. The zero-order valence-electron chi connectivity index (χ0n) is 11.2. The standard InChI is InChI=1S/C13H26N2S/c1-5-12(3)16-10-8-7-9-13(4,11-14)15-6-2/h12,15H,5-10H2,1-4H3. The fraction of sp³-hybridized carbons (Fsp3) is 0.923. The molecule has 3 heteroatoms. The lowest BCUT2D eigenvalue weighted by molar-refractivity contribution is 0.415.